The molecule has 0 fully saturated rings. The number of hydrogen-bond donors (Lipinski definition) is 1. The van der Waals surface area contributed by atoms with E-state index in [1.807, 2.05) is 0 Å². The van der Waals surface area contributed by atoms with Crippen molar-refractivity contribution in [3.8, 4) is 5.75 Å². The molecule has 3 aromatic carbocycles. The highest BCUT2D eigenvalue weighted by atomic mass is 79.9. The van der Waals surface area contributed by atoms with E-state index in [9.17, 15) is 14.9 Å². The van der Waals surface area contributed by atoms with Gasteiger partial charge in [-0.25, -0.2) is 5.43 Å². The van der Waals surface area contributed by atoms with Crippen molar-refractivity contribution in [3.63, 3.8) is 0 Å². The van der Waals surface area contributed by atoms with Gasteiger partial charge in [0.15, 0.2) is 5.75 Å². The van der Waals surface area contributed by atoms with Crippen molar-refractivity contribution in [2.45, 2.75) is 13.0 Å². The summed E-state index contributed by atoms with van der Waals surface area (Å²) >= 11 is 21.8. The number of carbonyl (C=O) groups is 1. The second-order valence-corrected chi connectivity index (χ2v) is 8.80. The summed E-state index contributed by atoms with van der Waals surface area (Å²) in [6, 6.07) is 14.5. The number of carbonyl (C=O) groups excluding carboxylic acids is 1. The lowest BCUT2D eigenvalue weighted by Gasteiger charge is -2.12. The molecular weight excluding hydrogens is 557 g/mol. The third-order valence-electron chi connectivity index (χ3n) is 4.35. The zero-order chi connectivity index (χ0) is 24.0. The van der Waals surface area contributed by atoms with Crippen LogP contribution < -0.4 is 10.2 Å². The van der Waals surface area contributed by atoms with E-state index >= 15 is 0 Å². The molecule has 1 amide bonds. The predicted octanol–water partition coefficient (Wildman–Crippen LogP) is 6.59. The third kappa shape index (κ3) is 6.91. The standard InChI is InChI=1S/C22H15BrCl3N3O4/c23-17-7-13(8-19(26)22(17)33-12-15-5-6-16(24)10-18(15)25)11-27-28-21(30)9-14-3-1-2-4-20(14)29(31)32/h1-8,10-11H,9,12H2,(H,28,30)/b27-11+. The van der Waals surface area contributed by atoms with Gasteiger partial charge in [0, 0.05) is 27.2 Å². The van der Waals surface area contributed by atoms with Gasteiger partial charge in [-0.1, -0.05) is 59.1 Å². The van der Waals surface area contributed by atoms with Gasteiger partial charge in [-0.15, -0.1) is 0 Å². The minimum absolute atomic E-state index is 0.122. The van der Waals surface area contributed by atoms with Gasteiger partial charge >= 0.3 is 0 Å². The number of nitrogens with zero attached hydrogens (tertiary/aromatic N) is 2. The number of para-hydroxylation sites is 1. The summed E-state index contributed by atoms with van der Waals surface area (Å²) in [6.45, 7) is 0.184. The number of rotatable bonds is 8. The molecule has 170 valence electrons. The molecule has 3 rings (SSSR count). The number of hydrogen-bond acceptors (Lipinski definition) is 5. The van der Waals surface area contributed by atoms with Gasteiger partial charge in [-0.3, -0.25) is 14.9 Å². The minimum atomic E-state index is -0.532. The molecule has 0 atom stereocenters. The molecule has 33 heavy (non-hydrogen) atoms. The zero-order valence-electron chi connectivity index (χ0n) is 16.7. The van der Waals surface area contributed by atoms with Gasteiger partial charge in [0.05, 0.1) is 27.1 Å². The molecule has 0 spiro atoms. The molecule has 0 saturated carbocycles. The number of amides is 1. The van der Waals surface area contributed by atoms with Crippen LogP contribution in [0.3, 0.4) is 0 Å². The van der Waals surface area contributed by atoms with E-state index in [1.165, 1.54) is 24.4 Å². The van der Waals surface area contributed by atoms with Crippen molar-refractivity contribution in [2.24, 2.45) is 5.10 Å². The highest BCUT2D eigenvalue weighted by Crippen LogP contribution is 2.35. The summed E-state index contributed by atoms with van der Waals surface area (Å²) in [5.41, 5.74) is 3.86. The average Bonchev–Trinajstić information content (AvgIpc) is 2.74. The predicted molar refractivity (Wildman–Crippen MR) is 132 cm³/mol. The molecule has 0 aliphatic heterocycles. The first-order valence-corrected chi connectivity index (χ1v) is 11.3. The number of nitro benzene ring substituents is 1. The Hall–Kier alpha value is -2.65. The molecule has 0 aliphatic carbocycles. The molecule has 0 heterocycles. The maximum atomic E-state index is 12.1. The maximum absolute atomic E-state index is 12.1. The third-order valence-corrected chi connectivity index (χ3v) is 5.81. The summed E-state index contributed by atoms with van der Waals surface area (Å²) in [6.07, 6.45) is 1.22. The lowest BCUT2D eigenvalue weighted by molar-refractivity contribution is -0.385. The number of halogens is 4. The minimum Gasteiger partial charge on any atom is -0.486 e. The fourth-order valence-electron chi connectivity index (χ4n) is 2.81. The number of nitrogens with one attached hydrogen (secondary N) is 1. The van der Waals surface area contributed by atoms with E-state index < -0.39 is 10.8 Å². The Bertz CT molecular complexity index is 1210. The SMILES string of the molecule is O=C(Cc1ccccc1[N+](=O)[O-])N/N=C/c1cc(Cl)c(OCc2ccc(Cl)cc2Cl)c(Br)c1. The Kier molecular flexibility index (Phi) is 8.68. The van der Waals surface area contributed by atoms with Crippen molar-refractivity contribution in [1.29, 1.82) is 0 Å². The summed E-state index contributed by atoms with van der Waals surface area (Å²) in [5.74, 6) is -0.0780. The summed E-state index contributed by atoms with van der Waals surface area (Å²) < 4.78 is 6.37. The Morgan fingerprint density at radius 3 is 2.55 bits per heavy atom. The first-order valence-electron chi connectivity index (χ1n) is 9.34. The van der Waals surface area contributed by atoms with E-state index in [-0.39, 0.29) is 18.7 Å². The lowest BCUT2D eigenvalue weighted by atomic mass is 10.1. The van der Waals surface area contributed by atoms with Crippen molar-refractivity contribution in [2.75, 3.05) is 0 Å². The second kappa shape index (κ2) is 11.5. The van der Waals surface area contributed by atoms with Crippen LogP contribution in [0.15, 0.2) is 64.2 Å². The number of benzene rings is 3. The van der Waals surface area contributed by atoms with Crippen molar-refractivity contribution in [1.82, 2.24) is 5.43 Å². The molecule has 1 N–H and O–H groups in total. The van der Waals surface area contributed by atoms with Gasteiger partial charge in [0.25, 0.3) is 5.69 Å². The first kappa shape index (κ1) is 25.0. The molecule has 3 aromatic rings. The highest BCUT2D eigenvalue weighted by molar-refractivity contribution is 9.10. The monoisotopic (exact) mass is 569 g/mol. The van der Waals surface area contributed by atoms with Crippen LogP contribution in [0.2, 0.25) is 15.1 Å². The van der Waals surface area contributed by atoms with E-state index in [2.05, 4.69) is 26.5 Å². The van der Waals surface area contributed by atoms with Crippen LogP contribution in [0.25, 0.3) is 0 Å². The topological polar surface area (TPSA) is 93.8 Å². The highest BCUT2D eigenvalue weighted by Gasteiger charge is 2.15. The maximum Gasteiger partial charge on any atom is 0.273 e. The lowest BCUT2D eigenvalue weighted by Crippen LogP contribution is -2.20. The van der Waals surface area contributed by atoms with E-state index in [0.29, 0.717) is 36.4 Å². The quantitative estimate of drug-likeness (QED) is 0.188. The van der Waals surface area contributed by atoms with Gasteiger partial charge in [-0.2, -0.15) is 5.10 Å². The normalized spacial score (nSPS) is 10.9. The largest absolute Gasteiger partial charge is 0.486 e. The second-order valence-electron chi connectivity index (χ2n) is 6.69. The Morgan fingerprint density at radius 1 is 1.09 bits per heavy atom. The number of nitro groups is 1. The Balaban J connectivity index is 1.62. The molecule has 0 saturated heterocycles. The first-order chi connectivity index (χ1) is 15.7. The molecule has 0 unspecified atom stereocenters. The fraction of sp³-hybridized carbons (Fsp3) is 0.0909. The molecule has 0 bridgehead atoms. The summed E-state index contributed by atoms with van der Waals surface area (Å²) in [4.78, 5) is 22.6. The molecule has 7 nitrogen and oxygen atoms in total. The Morgan fingerprint density at radius 2 is 1.85 bits per heavy atom. The van der Waals surface area contributed by atoms with E-state index in [1.54, 1.807) is 36.4 Å². The van der Waals surface area contributed by atoms with Crippen LogP contribution in [-0.2, 0) is 17.8 Å². The molecule has 0 radical (unpaired) electrons. The van der Waals surface area contributed by atoms with Gasteiger partial charge in [0.1, 0.15) is 6.61 Å². The summed E-state index contributed by atoms with van der Waals surface area (Å²) in [7, 11) is 0. The molecule has 0 aliphatic rings. The van der Waals surface area contributed by atoms with Crippen LogP contribution in [-0.4, -0.2) is 17.0 Å². The Labute approximate surface area is 212 Å². The van der Waals surface area contributed by atoms with Crippen molar-refractivity contribution < 1.29 is 14.5 Å². The molecule has 0 aromatic heterocycles. The zero-order valence-corrected chi connectivity index (χ0v) is 20.6. The van der Waals surface area contributed by atoms with Gasteiger partial charge in [-0.05, 0) is 45.8 Å². The van der Waals surface area contributed by atoms with Crippen molar-refractivity contribution >= 4 is 68.5 Å². The van der Waals surface area contributed by atoms with Crippen LogP contribution in [0.5, 0.6) is 5.75 Å². The smallest absolute Gasteiger partial charge is 0.273 e. The van der Waals surface area contributed by atoms with Crippen LogP contribution in [0.1, 0.15) is 16.7 Å². The molecule has 11 heteroatoms. The van der Waals surface area contributed by atoms with E-state index in [0.717, 1.165) is 5.56 Å². The fourth-order valence-corrected chi connectivity index (χ4v) is 4.26. The van der Waals surface area contributed by atoms with Crippen LogP contribution >= 0.6 is 50.7 Å². The van der Waals surface area contributed by atoms with Gasteiger partial charge in [0.2, 0.25) is 5.91 Å². The van der Waals surface area contributed by atoms with Gasteiger partial charge < -0.3 is 4.74 Å². The van der Waals surface area contributed by atoms with Crippen LogP contribution in [0.4, 0.5) is 5.69 Å². The van der Waals surface area contributed by atoms with Crippen LogP contribution in [0, 0.1) is 10.1 Å². The van der Waals surface area contributed by atoms with Crippen molar-refractivity contribution in [3.05, 3.63) is 101 Å². The van der Waals surface area contributed by atoms with E-state index in [4.69, 9.17) is 39.5 Å². The molecular formula is C22H15BrCl3N3O4. The average molecular weight is 572 g/mol. The number of ether oxygens (including phenoxy) is 1. The summed E-state index contributed by atoms with van der Waals surface area (Å²) in [5, 5.41) is 16.3. The number of hydrazone groups is 1.